The summed E-state index contributed by atoms with van der Waals surface area (Å²) in [6.07, 6.45) is 0. The summed E-state index contributed by atoms with van der Waals surface area (Å²) >= 11 is 0. The lowest BCUT2D eigenvalue weighted by Gasteiger charge is -2.21. The van der Waals surface area contributed by atoms with Gasteiger partial charge in [0.05, 0.1) is 12.5 Å². The molecule has 0 atom stereocenters. The number of aromatic nitrogens is 1. The van der Waals surface area contributed by atoms with Crippen molar-refractivity contribution in [2.24, 2.45) is 0 Å². The summed E-state index contributed by atoms with van der Waals surface area (Å²) in [6, 6.07) is 12.2. The molecule has 1 heterocycles. The average molecular weight is 360 g/mol. The van der Waals surface area contributed by atoms with Gasteiger partial charge in [0.15, 0.2) is 11.4 Å². The van der Waals surface area contributed by atoms with Gasteiger partial charge in [0.25, 0.3) is 10.0 Å². The van der Waals surface area contributed by atoms with E-state index in [9.17, 15) is 8.42 Å². The van der Waals surface area contributed by atoms with Gasteiger partial charge >= 0.3 is 0 Å². The van der Waals surface area contributed by atoms with E-state index < -0.39 is 10.0 Å². The molecule has 1 aromatic heterocycles. The number of hydrogen-bond donors (Lipinski definition) is 1. The number of para-hydroxylation sites is 1. The molecule has 0 amide bonds. The third-order valence-corrected chi connectivity index (χ3v) is 5.29. The zero-order chi connectivity index (χ0) is 18.2. The number of fused-ring (bicyclic) bond motifs is 1. The fourth-order valence-electron chi connectivity index (χ4n) is 2.49. The fraction of sp³-hybridized carbons (Fsp3) is 0.278. The van der Waals surface area contributed by atoms with Gasteiger partial charge in [-0.2, -0.15) is 0 Å². The highest BCUT2D eigenvalue weighted by atomic mass is 32.2. The molecule has 6 nitrogen and oxygen atoms in total. The number of ether oxygens (including phenoxy) is 1. The Morgan fingerprint density at radius 2 is 1.84 bits per heavy atom. The normalized spacial score (nSPS) is 12.3. The number of nitrogens with zero attached hydrogens (tertiary/aromatic N) is 1. The van der Waals surface area contributed by atoms with Gasteiger partial charge in [0.1, 0.15) is 10.6 Å². The van der Waals surface area contributed by atoms with Gasteiger partial charge < -0.3 is 9.26 Å². The Bertz CT molecular complexity index is 1020. The van der Waals surface area contributed by atoms with Crippen molar-refractivity contribution in [3.63, 3.8) is 0 Å². The highest BCUT2D eigenvalue weighted by molar-refractivity contribution is 7.92. The summed E-state index contributed by atoms with van der Waals surface area (Å²) in [7, 11) is -2.46. The lowest BCUT2D eigenvalue weighted by Crippen LogP contribution is -2.17. The maximum atomic E-state index is 12.9. The maximum Gasteiger partial charge on any atom is 0.266 e. The van der Waals surface area contributed by atoms with E-state index in [1.165, 1.54) is 7.11 Å². The first-order chi connectivity index (χ1) is 11.7. The van der Waals surface area contributed by atoms with Gasteiger partial charge in [0, 0.05) is 0 Å². The standard InChI is InChI=1S/C18H20N2O4S/c1-18(2,3)12-9-10-15(23-4)16(11-12)25(21,22)20-17-13-7-5-6-8-14(13)24-19-17/h5-11H,1-4H3,(H,19,20). The highest BCUT2D eigenvalue weighted by Gasteiger charge is 2.25. The van der Waals surface area contributed by atoms with Crippen LogP contribution in [0.15, 0.2) is 51.9 Å². The summed E-state index contributed by atoms with van der Waals surface area (Å²) in [5.41, 5.74) is 1.20. The lowest BCUT2D eigenvalue weighted by molar-refractivity contribution is 0.402. The molecule has 25 heavy (non-hydrogen) atoms. The van der Waals surface area contributed by atoms with Crippen molar-refractivity contribution < 1.29 is 17.7 Å². The largest absolute Gasteiger partial charge is 0.495 e. The van der Waals surface area contributed by atoms with E-state index in [2.05, 4.69) is 9.88 Å². The molecule has 0 bridgehead atoms. The van der Waals surface area contributed by atoms with Crippen molar-refractivity contribution in [2.75, 3.05) is 11.8 Å². The molecular weight excluding hydrogens is 340 g/mol. The van der Waals surface area contributed by atoms with Crippen LogP contribution in [-0.4, -0.2) is 20.7 Å². The number of methoxy groups -OCH3 is 1. The molecule has 0 aliphatic carbocycles. The maximum absolute atomic E-state index is 12.9. The molecule has 132 valence electrons. The van der Waals surface area contributed by atoms with Gasteiger partial charge in [-0.05, 0) is 35.2 Å². The molecule has 0 unspecified atom stereocenters. The molecule has 0 radical (unpaired) electrons. The van der Waals surface area contributed by atoms with Crippen LogP contribution in [0, 0.1) is 0 Å². The molecule has 0 fully saturated rings. The number of nitrogens with one attached hydrogen (secondary N) is 1. The third-order valence-electron chi connectivity index (χ3n) is 3.93. The van der Waals surface area contributed by atoms with Crippen LogP contribution in [0.25, 0.3) is 11.0 Å². The molecule has 0 saturated heterocycles. The fourth-order valence-corrected chi connectivity index (χ4v) is 3.71. The Balaban J connectivity index is 2.07. The second-order valence-electron chi connectivity index (χ2n) is 6.75. The van der Waals surface area contributed by atoms with E-state index in [-0.39, 0.29) is 21.9 Å². The quantitative estimate of drug-likeness (QED) is 0.762. The minimum absolute atomic E-state index is 0.0644. The molecule has 0 saturated carbocycles. The Hall–Kier alpha value is -2.54. The van der Waals surface area contributed by atoms with Crippen LogP contribution in [0.3, 0.4) is 0 Å². The van der Waals surface area contributed by atoms with Crippen LogP contribution in [0.2, 0.25) is 0 Å². The topological polar surface area (TPSA) is 81.4 Å². The van der Waals surface area contributed by atoms with Crippen LogP contribution in [0.4, 0.5) is 5.82 Å². The van der Waals surface area contributed by atoms with Crippen molar-refractivity contribution >= 4 is 26.8 Å². The van der Waals surface area contributed by atoms with Gasteiger partial charge in [-0.3, -0.25) is 4.72 Å². The second kappa shape index (κ2) is 6.07. The third kappa shape index (κ3) is 3.32. The van der Waals surface area contributed by atoms with E-state index in [1.54, 1.807) is 36.4 Å². The monoisotopic (exact) mass is 360 g/mol. The predicted octanol–water partition coefficient (Wildman–Crippen LogP) is 3.93. The van der Waals surface area contributed by atoms with Crippen LogP contribution >= 0.6 is 0 Å². The van der Waals surface area contributed by atoms with E-state index >= 15 is 0 Å². The van der Waals surface area contributed by atoms with Crippen LogP contribution in [0.1, 0.15) is 26.3 Å². The molecular formula is C18H20N2O4S. The average Bonchev–Trinajstić information content (AvgIpc) is 2.96. The molecule has 0 aliphatic heterocycles. The molecule has 3 aromatic rings. The van der Waals surface area contributed by atoms with Crippen molar-refractivity contribution in [3.05, 3.63) is 48.0 Å². The summed E-state index contributed by atoms with van der Waals surface area (Å²) in [4.78, 5) is 0.0644. The van der Waals surface area contributed by atoms with Crippen molar-refractivity contribution in [1.29, 1.82) is 0 Å². The Morgan fingerprint density at radius 3 is 2.52 bits per heavy atom. The van der Waals surface area contributed by atoms with E-state index in [0.29, 0.717) is 11.0 Å². The molecule has 7 heteroatoms. The van der Waals surface area contributed by atoms with Gasteiger partial charge in [0.2, 0.25) is 0 Å². The van der Waals surface area contributed by atoms with Crippen LogP contribution in [0.5, 0.6) is 5.75 Å². The van der Waals surface area contributed by atoms with Crippen LogP contribution in [-0.2, 0) is 15.4 Å². The Labute approximate surface area is 146 Å². The highest BCUT2D eigenvalue weighted by Crippen LogP contribution is 2.32. The molecule has 1 N–H and O–H groups in total. The van der Waals surface area contributed by atoms with Crippen molar-refractivity contribution in [2.45, 2.75) is 31.1 Å². The zero-order valence-electron chi connectivity index (χ0n) is 14.5. The molecule has 3 rings (SSSR count). The first-order valence-corrected chi connectivity index (χ1v) is 9.26. The van der Waals surface area contributed by atoms with Crippen molar-refractivity contribution in [1.82, 2.24) is 5.16 Å². The first kappa shape index (κ1) is 17.3. The summed E-state index contributed by atoms with van der Waals surface area (Å²) < 4.78 is 38.8. The minimum Gasteiger partial charge on any atom is -0.495 e. The molecule has 0 spiro atoms. The zero-order valence-corrected chi connectivity index (χ0v) is 15.3. The van der Waals surface area contributed by atoms with Crippen molar-refractivity contribution in [3.8, 4) is 5.75 Å². The van der Waals surface area contributed by atoms with Crippen LogP contribution < -0.4 is 9.46 Å². The SMILES string of the molecule is COc1ccc(C(C)(C)C)cc1S(=O)(=O)Nc1noc2ccccc12. The van der Waals surface area contributed by atoms with Gasteiger partial charge in [-0.1, -0.05) is 44.1 Å². The number of anilines is 1. The Morgan fingerprint density at radius 1 is 1.12 bits per heavy atom. The number of benzene rings is 2. The number of rotatable bonds is 4. The van der Waals surface area contributed by atoms with Gasteiger partial charge in [-0.15, -0.1) is 0 Å². The second-order valence-corrected chi connectivity index (χ2v) is 8.40. The molecule has 0 aliphatic rings. The first-order valence-electron chi connectivity index (χ1n) is 7.78. The van der Waals surface area contributed by atoms with E-state index in [4.69, 9.17) is 9.26 Å². The predicted molar refractivity (Wildman–Crippen MR) is 96.5 cm³/mol. The summed E-state index contributed by atoms with van der Waals surface area (Å²) in [6.45, 7) is 6.05. The van der Waals surface area contributed by atoms with Gasteiger partial charge in [-0.25, -0.2) is 8.42 Å². The summed E-state index contributed by atoms with van der Waals surface area (Å²) in [5.74, 6) is 0.423. The number of hydrogen-bond acceptors (Lipinski definition) is 5. The summed E-state index contributed by atoms with van der Waals surface area (Å²) in [5, 5.41) is 4.42. The Kier molecular flexibility index (Phi) is 4.20. The smallest absolute Gasteiger partial charge is 0.266 e. The minimum atomic E-state index is -3.90. The van der Waals surface area contributed by atoms with E-state index in [1.807, 2.05) is 26.8 Å². The number of sulfonamides is 1. The van der Waals surface area contributed by atoms with E-state index in [0.717, 1.165) is 5.56 Å². The lowest BCUT2D eigenvalue weighted by atomic mass is 9.87. The molecule has 2 aromatic carbocycles.